The lowest BCUT2D eigenvalue weighted by molar-refractivity contribution is 0.0776. The number of carbonyl (C=O) groups is 1. The summed E-state index contributed by atoms with van der Waals surface area (Å²) in [5, 5.41) is 0. The molecule has 0 aromatic heterocycles. The number of benzene rings is 1. The van der Waals surface area contributed by atoms with Gasteiger partial charge in [0.2, 0.25) is 0 Å². The molecule has 0 radical (unpaired) electrons. The fraction of sp³-hybridized carbons (Fsp3) is 0.500. The summed E-state index contributed by atoms with van der Waals surface area (Å²) in [5.41, 5.74) is 7.77. The Morgan fingerprint density at radius 2 is 2.28 bits per heavy atom. The molecule has 1 fully saturated rings. The molecule has 1 atom stereocenters. The van der Waals surface area contributed by atoms with Gasteiger partial charge in [0.05, 0.1) is 0 Å². The highest BCUT2D eigenvalue weighted by molar-refractivity contribution is 14.1. The van der Waals surface area contributed by atoms with Crippen LogP contribution in [0.4, 0.5) is 0 Å². The van der Waals surface area contributed by atoms with Crippen LogP contribution in [-0.2, 0) is 0 Å². The van der Waals surface area contributed by atoms with E-state index in [-0.39, 0.29) is 11.3 Å². The van der Waals surface area contributed by atoms with E-state index in [2.05, 4.69) is 29.5 Å². The zero-order valence-corrected chi connectivity index (χ0v) is 13.0. The van der Waals surface area contributed by atoms with E-state index in [1.54, 1.807) is 0 Å². The first-order valence-electron chi connectivity index (χ1n) is 6.21. The predicted molar refractivity (Wildman–Crippen MR) is 81.6 cm³/mol. The smallest absolute Gasteiger partial charge is 0.254 e. The zero-order valence-electron chi connectivity index (χ0n) is 10.9. The van der Waals surface area contributed by atoms with Crippen molar-refractivity contribution in [2.45, 2.75) is 20.3 Å². The maximum atomic E-state index is 12.5. The number of likely N-dealkylation sites (tertiary alicyclic amines) is 1. The number of hydrogen-bond acceptors (Lipinski definition) is 2. The van der Waals surface area contributed by atoms with E-state index in [0.717, 1.165) is 34.2 Å². The topological polar surface area (TPSA) is 46.3 Å². The standard InChI is InChI=1S/C14H19IN2O/c1-10-11(4-3-5-12(10)15)13(18)17-7-6-14(2,8-16)9-17/h3-5H,6-9,16H2,1-2H3. The Balaban J connectivity index is 2.21. The van der Waals surface area contributed by atoms with Gasteiger partial charge >= 0.3 is 0 Å². The monoisotopic (exact) mass is 358 g/mol. The van der Waals surface area contributed by atoms with Crippen molar-refractivity contribution in [3.63, 3.8) is 0 Å². The Labute approximate surface area is 122 Å². The summed E-state index contributed by atoms with van der Waals surface area (Å²) in [6.45, 7) is 6.39. The molecule has 2 N–H and O–H groups in total. The third-order valence-electron chi connectivity index (χ3n) is 3.84. The van der Waals surface area contributed by atoms with Crippen LogP contribution < -0.4 is 5.73 Å². The van der Waals surface area contributed by atoms with Gasteiger partial charge in [0.25, 0.3) is 5.91 Å². The highest BCUT2D eigenvalue weighted by Gasteiger charge is 2.35. The van der Waals surface area contributed by atoms with Gasteiger partial charge in [-0.2, -0.15) is 0 Å². The minimum atomic E-state index is 0.0888. The first-order chi connectivity index (χ1) is 8.47. The molecule has 4 heteroatoms. The van der Waals surface area contributed by atoms with E-state index in [4.69, 9.17) is 5.73 Å². The first-order valence-corrected chi connectivity index (χ1v) is 7.29. The fourth-order valence-electron chi connectivity index (χ4n) is 2.37. The molecule has 1 saturated heterocycles. The van der Waals surface area contributed by atoms with E-state index >= 15 is 0 Å². The quantitative estimate of drug-likeness (QED) is 0.826. The zero-order chi connectivity index (χ0) is 13.3. The van der Waals surface area contributed by atoms with Gasteiger partial charge in [0.15, 0.2) is 0 Å². The SMILES string of the molecule is Cc1c(I)cccc1C(=O)N1CCC(C)(CN)C1. The molecule has 0 saturated carbocycles. The number of nitrogens with zero attached hydrogens (tertiary/aromatic N) is 1. The van der Waals surface area contributed by atoms with Gasteiger partial charge in [0.1, 0.15) is 0 Å². The lowest BCUT2D eigenvalue weighted by Gasteiger charge is -2.23. The average molecular weight is 358 g/mol. The van der Waals surface area contributed by atoms with E-state index in [1.165, 1.54) is 0 Å². The molecular formula is C14H19IN2O. The number of halogens is 1. The summed E-state index contributed by atoms with van der Waals surface area (Å²) < 4.78 is 1.14. The summed E-state index contributed by atoms with van der Waals surface area (Å²) in [7, 11) is 0. The van der Waals surface area contributed by atoms with Crippen LogP contribution in [0.5, 0.6) is 0 Å². The van der Waals surface area contributed by atoms with Crippen molar-refractivity contribution in [3.05, 3.63) is 32.9 Å². The molecule has 0 aliphatic carbocycles. The Hall–Kier alpha value is -0.620. The lowest BCUT2D eigenvalue weighted by atomic mass is 9.90. The Bertz CT molecular complexity index is 475. The molecule has 1 aliphatic heterocycles. The van der Waals surface area contributed by atoms with Gasteiger partial charge < -0.3 is 10.6 Å². The molecule has 0 spiro atoms. The Morgan fingerprint density at radius 3 is 2.89 bits per heavy atom. The highest BCUT2D eigenvalue weighted by Crippen LogP contribution is 2.30. The third-order valence-corrected chi connectivity index (χ3v) is 5.00. The van der Waals surface area contributed by atoms with Crippen LogP contribution in [0.2, 0.25) is 0 Å². The van der Waals surface area contributed by atoms with Gasteiger partial charge in [-0.3, -0.25) is 4.79 Å². The van der Waals surface area contributed by atoms with Gasteiger partial charge in [-0.1, -0.05) is 13.0 Å². The van der Waals surface area contributed by atoms with Crippen LogP contribution in [0.25, 0.3) is 0 Å². The summed E-state index contributed by atoms with van der Waals surface area (Å²) in [4.78, 5) is 14.4. The molecule has 18 heavy (non-hydrogen) atoms. The van der Waals surface area contributed by atoms with Gasteiger partial charge in [-0.15, -0.1) is 0 Å². The number of nitrogens with two attached hydrogens (primary N) is 1. The molecule has 2 rings (SSSR count). The summed E-state index contributed by atoms with van der Waals surface area (Å²) >= 11 is 2.27. The molecule has 1 heterocycles. The van der Waals surface area contributed by atoms with E-state index in [9.17, 15) is 4.79 Å². The van der Waals surface area contributed by atoms with Crippen molar-refractivity contribution in [2.24, 2.45) is 11.1 Å². The van der Waals surface area contributed by atoms with Crippen LogP contribution >= 0.6 is 22.6 Å². The minimum Gasteiger partial charge on any atom is -0.338 e. The van der Waals surface area contributed by atoms with Crippen LogP contribution in [0.15, 0.2) is 18.2 Å². The number of hydrogen-bond donors (Lipinski definition) is 1. The van der Waals surface area contributed by atoms with Crippen molar-refractivity contribution >= 4 is 28.5 Å². The molecular weight excluding hydrogens is 339 g/mol. The van der Waals surface area contributed by atoms with E-state index in [0.29, 0.717) is 6.54 Å². The molecule has 1 amide bonds. The Morgan fingerprint density at radius 1 is 1.56 bits per heavy atom. The van der Waals surface area contributed by atoms with Crippen molar-refractivity contribution in [3.8, 4) is 0 Å². The molecule has 1 unspecified atom stereocenters. The maximum Gasteiger partial charge on any atom is 0.254 e. The molecule has 0 bridgehead atoms. The molecule has 1 aromatic carbocycles. The second-order valence-corrected chi connectivity index (χ2v) is 6.57. The predicted octanol–water partition coefficient (Wildman–Crippen LogP) is 2.41. The van der Waals surface area contributed by atoms with Crippen LogP contribution in [0, 0.1) is 15.9 Å². The molecule has 1 aliphatic rings. The van der Waals surface area contributed by atoms with Gasteiger partial charge in [0, 0.05) is 22.2 Å². The Kier molecular flexibility index (Phi) is 3.96. The molecule has 3 nitrogen and oxygen atoms in total. The third kappa shape index (κ3) is 2.54. The van der Waals surface area contributed by atoms with Crippen molar-refractivity contribution < 1.29 is 4.79 Å². The van der Waals surface area contributed by atoms with E-state index < -0.39 is 0 Å². The van der Waals surface area contributed by atoms with Crippen LogP contribution in [0.1, 0.15) is 29.3 Å². The first kappa shape index (κ1) is 13.8. The van der Waals surface area contributed by atoms with Crippen molar-refractivity contribution in [1.82, 2.24) is 4.90 Å². The summed E-state index contributed by atoms with van der Waals surface area (Å²) in [6.07, 6.45) is 0.998. The fourth-order valence-corrected chi connectivity index (χ4v) is 2.87. The number of amides is 1. The largest absolute Gasteiger partial charge is 0.338 e. The van der Waals surface area contributed by atoms with Gasteiger partial charge in [-0.05, 0) is 65.6 Å². The second kappa shape index (κ2) is 5.17. The van der Waals surface area contributed by atoms with Crippen LogP contribution in [0.3, 0.4) is 0 Å². The summed E-state index contributed by atoms with van der Waals surface area (Å²) in [5.74, 6) is 0.142. The lowest BCUT2D eigenvalue weighted by Crippen LogP contribution is -2.34. The number of carbonyl (C=O) groups excluding carboxylic acids is 1. The average Bonchev–Trinajstić information content (AvgIpc) is 2.75. The van der Waals surface area contributed by atoms with Crippen molar-refractivity contribution in [2.75, 3.05) is 19.6 Å². The molecule has 1 aromatic rings. The van der Waals surface area contributed by atoms with Crippen LogP contribution in [-0.4, -0.2) is 30.4 Å². The normalized spacial score (nSPS) is 23.4. The highest BCUT2D eigenvalue weighted by atomic mass is 127. The minimum absolute atomic E-state index is 0.0888. The summed E-state index contributed by atoms with van der Waals surface area (Å²) in [6, 6.07) is 5.89. The number of rotatable bonds is 2. The van der Waals surface area contributed by atoms with E-state index in [1.807, 2.05) is 30.0 Å². The van der Waals surface area contributed by atoms with Gasteiger partial charge in [-0.25, -0.2) is 0 Å². The molecule has 98 valence electrons. The maximum absolute atomic E-state index is 12.5. The van der Waals surface area contributed by atoms with Crippen molar-refractivity contribution in [1.29, 1.82) is 0 Å². The second-order valence-electron chi connectivity index (χ2n) is 5.40.